The number of carbonyl (C=O) groups is 2. The molecule has 4 aromatic rings. The van der Waals surface area contributed by atoms with E-state index in [1.54, 1.807) is 49.4 Å². The Balaban J connectivity index is 1.42. The zero-order valence-corrected chi connectivity index (χ0v) is 25.9. The molecule has 4 aromatic carbocycles. The summed E-state index contributed by atoms with van der Waals surface area (Å²) >= 11 is 24.4. The Bertz CT molecular complexity index is 1600. The molecule has 0 fully saturated rings. The fourth-order valence-corrected chi connectivity index (χ4v) is 4.84. The van der Waals surface area contributed by atoms with E-state index in [0.717, 1.165) is 11.1 Å². The molecular formula is C32H27Cl4N3O4. The van der Waals surface area contributed by atoms with Crippen LogP contribution in [0.5, 0.6) is 11.5 Å². The maximum atomic E-state index is 13.2. The SMILES string of the molecule is C[C@@H](Oc1ccc(Cl)cc1Cl)C(=O)N[C@@H](Cc1ccccc1)C(=O)N/N=C\c1ccccc1OCc1ccc(Cl)cc1Cl. The van der Waals surface area contributed by atoms with Crippen LogP contribution in [0.15, 0.2) is 96.1 Å². The first-order chi connectivity index (χ1) is 20.7. The Morgan fingerprint density at radius 1 is 0.814 bits per heavy atom. The van der Waals surface area contributed by atoms with Gasteiger partial charge in [-0.2, -0.15) is 5.10 Å². The van der Waals surface area contributed by atoms with Crippen molar-refractivity contribution in [3.63, 3.8) is 0 Å². The second-order valence-corrected chi connectivity index (χ2v) is 11.1. The summed E-state index contributed by atoms with van der Waals surface area (Å²) in [7, 11) is 0. The molecule has 0 radical (unpaired) electrons. The van der Waals surface area contributed by atoms with Gasteiger partial charge < -0.3 is 14.8 Å². The molecule has 0 saturated heterocycles. The van der Waals surface area contributed by atoms with E-state index in [1.165, 1.54) is 12.3 Å². The molecule has 0 saturated carbocycles. The summed E-state index contributed by atoms with van der Waals surface area (Å²) in [6.45, 7) is 1.77. The highest BCUT2D eigenvalue weighted by atomic mass is 35.5. The number of halogens is 4. The van der Waals surface area contributed by atoms with E-state index in [9.17, 15) is 9.59 Å². The fraction of sp³-hybridized carbons (Fsp3) is 0.156. The molecule has 222 valence electrons. The zero-order valence-electron chi connectivity index (χ0n) is 22.9. The van der Waals surface area contributed by atoms with Gasteiger partial charge in [-0.05, 0) is 55.0 Å². The normalized spacial score (nSPS) is 12.4. The van der Waals surface area contributed by atoms with Crippen LogP contribution in [0.4, 0.5) is 0 Å². The van der Waals surface area contributed by atoms with E-state index in [0.29, 0.717) is 32.1 Å². The Morgan fingerprint density at radius 3 is 2.21 bits per heavy atom. The average molecular weight is 659 g/mol. The third-order valence-corrected chi connectivity index (χ3v) is 7.30. The minimum absolute atomic E-state index is 0.208. The smallest absolute Gasteiger partial charge is 0.262 e. The quantitative estimate of drug-likeness (QED) is 0.122. The summed E-state index contributed by atoms with van der Waals surface area (Å²) in [5.41, 5.74) is 4.76. The standard InChI is InChI=1S/C32H27Cl4N3O4/c1-20(43-30-14-13-25(34)17-27(30)36)31(40)38-28(15-21-7-3-2-4-8-21)32(41)39-37-18-22-9-5-6-10-29(22)42-19-23-11-12-24(33)16-26(23)35/h2-14,16-18,20,28H,15,19H2,1H3,(H,38,40)(H,39,41)/b37-18-/t20-,28+/m1/s1. The lowest BCUT2D eigenvalue weighted by atomic mass is 10.1. The number of carbonyl (C=O) groups excluding carboxylic acids is 2. The van der Waals surface area contributed by atoms with Crippen molar-refractivity contribution in [1.29, 1.82) is 0 Å². The van der Waals surface area contributed by atoms with Crippen molar-refractivity contribution in [1.82, 2.24) is 10.7 Å². The Morgan fingerprint density at radius 2 is 1.49 bits per heavy atom. The second kappa shape index (κ2) is 15.6. The molecule has 0 aliphatic heterocycles. The highest BCUT2D eigenvalue weighted by molar-refractivity contribution is 6.35. The number of benzene rings is 4. The second-order valence-electron chi connectivity index (χ2n) is 9.38. The Kier molecular flexibility index (Phi) is 11.7. The van der Waals surface area contributed by atoms with Gasteiger partial charge in [0, 0.05) is 32.6 Å². The minimum atomic E-state index is -0.952. The number of rotatable bonds is 12. The van der Waals surface area contributed by atoms with Crippen molar-refractivity contribution in [3.05, 3.63) is 128 Å². The van der Waals surface area contributed by atoms with Crippen molar-refractivity contribution in [3.8, 4) is 11.5 Å². The predicted octanol–water partition coefficient (Wildman–Crippen LogP) is 7.52. The molecule has 2 N–H and O–H groups in total. The molecule has 2 atom stereocenters. The minimum Gasteiger partial charge on any atom is -0.488 e. The van der Waals surface area contributed by atoms with Gasteiger partial charge in [-0.1, -0.05) is 94.9 Å². The molecular weight excluding hydrogens is 632 g/mol. The van der Waals surface area contributed by atoms with Gasteiger partial charge >= 0.3 is 0 Å². The average Bonchev–Trinajstić information content (AvgIpc) is 2.98. The lowest BCUT2D eigenvalue weighted by Crippen LogP contribution is -2.50. The number of hydrogen-bond acceptors (Lipinski definition) is 5. The van der Waals surface area contributed by atoms with E-state index in [2.05, 4.69) is 15.8 Å². The van der Waals surface area contributed by atoms with Crippen LogP contribution in [0.25, 0.3) is 0 Å². The summed E-state index contributed by atoms with van der Waals surface area (Å²) in [6.07, 6.45) is 0.738. The van der Waals surface area contributed by atoms with Crippen molar-refractivity contribution in [2.75, 3.05) is 0 Å². The van der Waals surface area contributed by atoms with Crippen molar-refractivity contribution in [2.24, 2.45) is 5.10 Å². The van der Waals surface area contributed by atoms with Crippen LogP contribution in [0.1, 0.15) is 23.6 Å². The molecule has 7 nitrogen and oxygen atoms in total. The van der Waals surface area contributed by atoms with Gasteiger partial charge in [-0.3, -0.25) is 9.59 Å². The van der Waals surface area contributed by atoms with Gasteiger partial charge in [0.05, 0.1) is 11.2 Å². The van der Waals surface area contributed by atoms with Gasteiger partial charge in [-0.15, -0.1) is 0 Å². The molecule has 0 aliphatic rings. The lowest BCUT2D eigenvalue weighted by Gasteiger charge is -2.21. The van der Waals surface area contributed by atoms with Crippen LogP contribution in [0, 0.1) is 0 Å². The summed E-state index contributed by atoms with van der Waals surface area (Å²) in [5.74, 6) is -0.198. The molecule has 0 unspecified atom stereocenters. The molecule has 0 bridgehead atoms. The number of hydrazone groups is 1. The zero-order chi connectivity index (χ0) is 30.8. The highest BCUT2D eigenvalue weighted by Crippen LogP contribution is 2.28. The van der Waals surface area contributed by atoms with Crippen molar-refractivity contribution in [2.45, 2.75) is 32.1 Å². The first-order valence-electron chi connectivity index (χ1n) is 13.1. The van der Waals surface area contributed by atoms with Crippen LogP contribution in [0.2, 0.25) is 20.1 Å². The van der Waals surface area contributed by atoms with Gasteiger partial charge in [0.15, 0.2) is 6.10 Å². The number of hydrogen-bond donors (Lipinski definition) is 2. The number of nitrogens with one attached hydrogen (secondary N) is 2. The van der Waals surface area contributed by atoms with Crippen LogP contribution >= 0.6 is 46.4 Å². The van der Waals surface area contributed by atoms with E-state index < -0.39 is 24.0 Å². The Hall–Kier alpha value is -3.75. The highest BCUT2D eigenvalue weighted by Gasteiger charge is 2.25. The number of para-hydroxylation sites is 1. The van der Waals surface area contributed by atoms with Gasteiger partial charge in [-0.25, -0.2) is 5.43 Å². The summed E-state index contributed by atoms with van der Waals surface area (Å²) < 4.78 is 11.7. The summed E-state index contributed by atoms with van der Waals surface area (Å²) in [5, 5.41) is 8.62. The number of ether oxygens (including phenoxy) is 2. The number of amides is 2. The first kappa shape index (κ1) is 32.2. The van der Waals surface area contributed by atoms with Crippen LogP contribution in [0.3, 0.4) is 0 Å². The maximum absolute atomic E-state index is 13.2. The summed E-state index contributed by atoms with van der Waals surface area (Å²) in [6, 6.07) is 25.4. The first-order valence-corrected chi connectivity index (χ1v) is 14.7. The van der Waals surface area contributed by atoms with Crippen LogP contribution in [-0.2, 0) is 22.6 Å². The molecule has 43 heavy (non-hydrogen) atoms. The monoisotopic (exact) mass is 657 g/mol. The molecule has 0 aromatic heterocycles. The third-order valence-electron chi connectivity index (χ3n) is 6.18. The third kappa shape index (κ3) is 9.63. The van der Waals surface area contributed by atoms with Crippen LogP contribution < -0.4 is 20.2 Å². The summed E-state index contributed by atoms with van der Waals surface area (Å²) in [4.78, 5) is 26.3. The molecule has 2 amide bonds. The molecule has 4 rings (SSSR count). The van der Waals surface area contributed by atoms with Crippen LogP contribution in [-0.4, -0.2) is 30.2 Å². The van der Waals surface area contributed by atoms with Crippen molar-refractivity contribution < 1.29 is 19.1 Å². The molecule has 0 heterocycles. The van der Waals surface area contributed by atoms with E-state index in [-0.39, 0.29) is 18.1 Å². The molecule has 0 spiro atoms. The van der Waals surface area contributed by atoms with Gasteiger partial charge in [0.2, 0.25) is 0 Å². The number of nitrogens with zero attached hydrogens (tertiary/aromatic N) is 1. The molecule has 0 aliphatic carbocycles. The van der Waals surface area contributed by atoms with Crippen molar-refractivity contribution >= 4 is 64.4 Å². The largest absolute Gasteiger partial charge is 0.488 e. The van der Waals surface area contributed by atoms with E-state index in [4.69, 9.17) is 55.9 Å². The maximum Gasteiger partial charge on any atom is 0.262 e. The predicted molar refractivity (Wildman–Crippen MR) is 172 cm³/mol. The van der Waals surface area contributed by atoms with Gasteiger partial charge in [0.1, 0.15) is 24.1 Å². The molecule has 11 heteroatoms. The lowest BCUT2D eigenvalue weighted by molar-refractivity contribution is -0.132. The topological polar surface area (TPSA) is 89.0 Å². The van der Waals surface area contributed by atoms with E-state index >= 15 is 0 Å². The van der Waals surface area contributed by atoms with E-state index in [1.807, 2.05) is 42.5 Å². The van der Waals surface area contributed by atoms with Gasteiger partial charge in [0.25, 0.3) is 11.8 Å². The fourth-order valence-electron chi connectivity index (χ4n) is 3.92. The Labute approximate surface area is 269 Å².